The Kier molecular flexibility index (Phi) is 8.82. The van der Waals surface area contributed by atoms with Crippen LogP contribution in [0, 0.1) is 0 Å². The van der Waals surface area contributed by atoms with Crippen LogP contribution in [0.4, 0.5) is 0 Å². The van der Waals surface area contributed by atoms with E-state index in [2.05, 4.69) is 15.9 Å². The van der Waals surface area contributed by atoms with Crippen LogP contribution in [0.25, 0.3) is 0 Å². The lowest BCUT2D eigenvalue weighted by Gasteiger charge is -2.35. The smallest absolute Gasteiger partial charge is 0.231 e. The molecule has 0 saturated carbocycles. The largest absolute Gasteiger partial charge is 0.488 e. The molecule has 2 heterocycles. The zero-order valence-electron chi connectivity index (χ0n) is 16.7. The van der Waals surface area contributed by atoms with E-state index in [1.54, 1.807) is 12.1 Å². The summed E-state index contributed by atoms with van der Waals surface area (Å²) in [5.41, 5.74) is 1.21. The maximum absolute atomic E-state index is 10.4. The van der Waals surface area contributed by atoms with Crippen LogP contribution < -0.4 is 14.2 Å². The molecule has 31 heavy (non-hydrogen) atoms. The Labute approximate surface area is 202 Å². The number of nitrogens with zero attached hydrogens (tertiary/aromatic N) is 2. The van der Waals surface area contributed by atoms with Crippen molar-refractivity contribution in [1.82, 2.24) is 9.80 Å². The first-order chi connectivity index (χ1) is 14.5. The minimum absolute atomic E-state index is 0. The molecule has 2 aromatic rings. The van der Waals surface area contributed by atoms with Gasteiger partial charge in [-0.05, 0) is 29.8 Å². The first kappa shape index (κ1) is 24.5. The Bertz CT molecular complexity index is 871. The van der Waals surface area contributed by atoms with Gasteiger partial charge in [0.05, 0.1) is 10.0 Å². The molecule has 2 aromatic carbocycles. The monoisotopic (exact) mass is 508 g/mol. The van der Waals surface area contributed by atoms with Crippen LogP contribution in [0.15, 0.2) is 30.3 Å². The van der Waals surface area contributed by atoms with E-state index in [4.69, 9.17) is 49.0 Å². The number of fused-ring (bicyclic) bond motifs is 1. The van der Waals surface area contributed by atoms with E-state index < -0.39 is 6.10 Å². The second kappa shape index (κ2) is 11.1. The summed E-state index contributed by atoms with van der Waals surface area (Å²) in [5, 5.41) is 11.5. The number of piperazine rings is 1. The number of ether oxygens (including phenoxy) is 3. The van der Waals surface area contributed by atoms with Gasteiger partial charge in [-0.1, -0.05) is 40.9 Å². The van der Waals surface area contributed by atoms with Crippen molar-refractivity contribution in [3.8, 4) is 17.2 Å². The Hall–Kier alpha value is -1.12. The van der Waals surface area contributed by atoms with Crippen LogP contribution in [0.1, 0.15) is 5.56 Å². The van der Waals surface area contributed by atoms with Crippen LogP contribution in [-0.4, -0.2) is 67.1 Å². The highest BCUT2D eigenvalue weighted by molar-refractivity contribution is 6.40. The summed E-state index contributed by atoms with van der Waals surface area (Å²) < 4.78 is 16.4. The number of hydrogen-bond donors (Lipinski definition) is 1. The molecule has 0 bridgehead atoms. The fourth-order valence-corrected chi connectivity index (χ4v) is 4.55. The zero-order valence-corrected chi connectivity index (χ0v) is 19.8. The van der Waals surface area contributed by atoms with E-state index in [0.717, 1.165) is 44.2 Å². The molecule has 170 valence electrons. The maximum atomic E-state index is 10.4. The molecule has 1 saturated heterocycles. The molecule has 1 atom stereocenters. The molecule has 1 unspecified atom stereocenters. The maximum Gasteiger partial charge on any atom is 0.231 e. The number of rotatable bonds is 7. The predicted octanol–water partition coefficient (Wildman–Crippen LogP) is 4.35. The van der Waals surface area contributed by atoms with E-state index in [1.807, 2.05) is 12.1 Å². The van der Waals surface area contributed by atoms with Gasteiger partial charge in [-0.15, -0.1) is 12.4 Å². The molecule has 0 amide bonds. The first-order valence-corrected chi connectivity index (χ1v) is 10.9. The fraction of sp³-hybridized carbons (Fsp3) is 0.429. The molecular weight excluding hydrogens is 486 g/mol. The number of β-amino-alcohol motifs (C(OH)–C–C–N with tert-alkyl or cyclic N) is 1. The first-order valence-electron chi connectivity index (χ1n) is 9.76. The number of halogens is 4. The van der Waals surface area contributed by atoms with Crippen molar-refractivity contribution in [2.45, 2.75) is 12.6 Å². The minimum atomic E-state index is -0.645. The molecule has 1 fully saturated rings. The van der Waals surface area contributed by atoms with Gasteiger partial charge >= 0.3 is 0 Å². The topological polar surface area (TPSA) is 54.4 Å². The van der Waals surface area contributed by atoms with E-state index in [1.165, 1.54) is 5.56 Å². The number of aliphatic hydroxyl groups excluding tert-OH is 1. The Morgan fingerprint density at radius 3 is 2.29 bits per heavy atom. The van der Waals surface area contributed by atoms with Gasteiger partial charge in [0.2, 0.25) is 6.79 Å². The molecule has 10 heteroatoms. The van der Waals surface area contributed by atoms with Gasteiger partial charge in [0.1, 0.15) is 12.7 Å². The van der Waals surface area contributed by atoms with E-state index >= 15 is 0 Å². The fourth-order valence-electron chi connectivity index (χ4n) is 3.62. The Morgan fingerprint density at radius 2 is 1.58 bits per heavy atom. The van der Waals surface area contributed by atoms with Crippen molar-refractivity contribution in [1.29, 1.82) is 0 Å². The van der Waals surface area contributed by atoms with Gasteiger partial charge in [0, 0.05) is 44.3 Å². The van der Waals surface area contributed by atoms with Crippen LogP contribution >= 0.6 is 47.2 Å². The van der Waals surface area contributed by atoms with Gasteiger partial charge < -0.3 is 19.3 Å². The van der Waals surface area contributed by atoms with Crippen molar-refractivity contribution in [2.24, 2.45) is 0 Å². The molecule has 6 nitrogen and oxygen atoms in total. The van der Waals surface area contributed by atoms with Gasteiger partial charge in [-0.3, -0.25) is 9.80 Å². The second-order valence-electron chi connectivity index (χ2n) is 7.43. The highest BCUT2D eigenvalue weighted by Crippen LogP contribution is 2.36. The lowest BCUT2D eigenvalue weighted by atomic mass is 10.1. The van der Waals surface area contributed by atoms with E-state index in [0.29, 0.717) is 34.2 Å². The van der Waals surface area contributed by atoms with Crippen molar-refractivity contribution in [3.63, 3.8) is 0 Å². The average molecular weight is 510 g/mol. The minimum Gasteiger partial charge on any atom is -0.488 e. The third kappa shape index (κ3) is 6.45. The number of hydrogen-bond acceptors (Lipinski definition) is 6. The summed E-state index contributed by atoms with van der Waals surface area (Å²) in [6, 6.07) is 9.21. The number of aliphatic hydroxyl groups is 1. The van der Waals surface area contributed by atoms with Crippen LogP contribution in [-0.2, 0) is 6.54 Å². The summed E-state index contributed by atoms with van der Waals surface area (Å²) in [7, 11) is 0. The zero-order chi connectivity index (χ0) is 21.1. The third-order valence-corrected chi connectivity index (χ3v) is 5.94. The average Bonchev–Trinajstić information content (AvgIpc) is 3.16. The SMILES string of the molecule is Cl.OC(COc1c(Cl)cc(Cl)cc1Cl)CN1CCN(Cc2ccc3c(c2)OCO3)CC1. The highest BCUT2D eigenvalue weighted by atomic mass is 35.5. The summed E-state index contributed by atoms with van der Waals surface area (Å²) >= 11 is 18.1. The highest BCUT2D eigenvalue weighted by Gasteiger charge is 2.21. The normalized spacial score (nSPS) is 17.3. The molecule has 4 rings (SSSR count). The van der Waals surface area contributed by atoms with E-state index in [-0.39, 0.29) is 19.0 Å². The molecule has 0 radical (unpaired) electrons. The van der Waals surface area contributed by atoms with Crippen molar-refractivity contribution < 1.29 is 19.3 Å². The van der Waals surface area contributed by atoms with Crippen molar-refractivity contribution in [3.05, 3.63) is 51.0 Å². The molecule has 2 aliphatic rings. The summed E-state index contributed by atoms with van der Waals surface area (Å²) in [5.74, 6) is 1.96. The summed E-state index contributed by atoms with van der Waals surface area (Å²) in [4.78, 5) is 4.62. The third-order valence-electron chi connectivity index (χ3n) is 5.16. The van der Waals surface area contributed by atoms with Gasteiger partial charge in [0.25, 0.3) is 0 Å². The van der Waals surface area contributed by atoms with Gasteiger partial charge in [-0.2, -0.15) is 0 Å². The lowest BCUT2D eigenvalue weighted by Crippen LogP contribution is -2.48. The Balaban J connectivity index is 0.00000272. The Morgan fingerprint density at radius 1 is 0.935 bits per heavy atom. The number of benzene rings is 2. The summed E-state index contributed by atoms with van der Waals surface area (Å²) in [6.45, 7) is 5.41. The van der Waals surface area contributed by atoms with Crippen LogP contribution in [0.3, 0.4) is 0 Å². The standard InChI is InChI=1S/C21H23Cl3N2O4.ClH/c22-15-8-17(23)21(18(24)9-15)28-12-16(27)11-26-5-3-25(4-6-26)10-14-1-2-19-20(7-14)30-13-29-19;/h1-2,7-9,16,27H,3-6,10-13H2;1H. The molecule has 0 spiro atoms. The van der Waals surface area contributed by atoms with Crippen LogP contribution in [0.5, 0.6) is 17.2 Å². The molecule has 1 N–H and O–H groups in total. The molecule has 0 aromatic heterocycles. The van der Waals surface area contributed by atoms with E-state index in [9.17, 15) is 5.11 Å². The van der Waals surface area contributed by atoms with Crippen molar-refractivity contribution >= 4 is 47.2 Å². The molecule has 2 aliphatic heterocycles. The predicted molar refractivity (Wildman–Crippen MR) is 125 cm³/mol. The second-order valence-corrected chi connectivity index (χ2v) is 8.68. The van der Waals surface area contributed by atoms with Gasteiger partial charge in [-0.25, -0.2) is 0 Å². The van der Waals surface area contributed by atoms with Gasteiger partial charge in [0.15, 0.2) is 17.2 Å². The quantitative estimate of drug-likeness (QED) is 0.598. The van der Waals surface area contributed by atoms with Crippen LogP contribution in [0.2, 0.25) is 15.1 Å². The summed E-state index contributed by atoms with van der Waals surface area (Å²) in [6.07, 6.45) is -0.645. The molecule has 0 aliphatic carbocycles. The molecular formula is C21H24Cl4N2O4. The lowest BCUT2D eigenvalue weighted by molar-refractivity contribution is 0.0446. The van der Waals surface area contributed by atoms with Crippen molar-refractivity contribution in [2.75, 3.05) is 46.1 Å².